The molecule has 2 saturated heterocycles. The molecule has 0 spiro atoms. The van der Waals surface area contributed by atoms with Crippen LogP contribution in [0.1, 0.15) is 61.8 Å². The standard InChI is InChI=1S/C10H20N2O.C9H17NO.CH4/c1-10(2,3)9(13)12-7-5-11(4)6-8-12;1-9(2,3)8(11)10-6-4-5-7-10;/h5-8H2,1-4H3;4-7H2,1-3H3;1H4. The molecule has 5 nitrogen and oxygen atoms in total. The molecule has 0 unspecified atom stereocenters. The van der Waals surface area contributed by atoms with Crippen molar-refractivity contribution in [3.05, 3.63) is 0 Å². The van der Waals surface area contributed by atoms with Gasteiger partial charge in [0, 0.05) is 50.1 Å². The topological polar surface area (TPSA) is 43.9 Å². The maximum Gasteiger partial charge on any atom is 0.228 e. The SMILES string of the molecule is C.CC(C)(C)C(=O)N1CCCC1.CN1CCN(C(=O)C(C)(C)C)CC1. The lowest BCUT2D eigenvalue weighted by Gasteiger charge is -2.36. The molecule has 0 aromatic rings. The van der Waals surface area contributed by atoms with Crippen molar-refractivity contribution in [1.29, 1.82) is 0 Å². The number of hydrogen-bond donors (Lipinski definition) is 0. The first kappa shape index (κ1) is 23.9. The summed E-state index contributed by atoms with van der Waals surface area (Å²) >= 11 is 0. The summed E-state index contributed by atoms with van der Waals surface area (Å²) in [7, 11) is 2.10. The zero-order valence-electron chi connectivity index (χ0n) is 16.8. The van der Waals surface area contributed by atoms with Gasteiger partial charge in [0.25, 0.3) is 0 Å². The van der Waals surface area contributed by atoms with Crippen molar-refractivity contribution < 1.29 is 9.59 Å². The van der Waals surface area contributed by atoms with E-state index in [9.17, 15) is 9.59 Å². The lowest BCUT2D eigenvalue weighted by molar-refractivity contribution is -0.141. The van der Waals surface area contributed by atoms with Crippen LogP contribution in [0.4, 0.5) is 0 Å². The molecule has 5 heteroatoms. The normalized spacial score (nSPS) is 19.0. The maximum absolute atomic E-state index is 11.8. The second kappa shape index (κ2) is 9.56. The van der Waals surface area contributed by atoms with Crippen LogP contribution in [-0.4, -0.2) is 72.8 Å². The molecular weight excluding hydrogens is 314 g/mol. The van der Waals surface area contributed by atoms with Crippen molar-refractivity contribution in [2.24, 2.45) is 10.8 Å². The van der Waals surface area contributed by atoms with Crippen LogP contribution in [0.15, 0.2) is 0 Å². The summed E-state index contributed by atoms with van der Waals surface area (Å²) in [4.78, 5) is 29.6. The van der Waals surface area contributed by atoms with E-state index in [1.54, 1.807) is 0 Å². The van der Waals surface area contributed by atoms with Crippen molar-refractivity contribution in [2.75, 3.05) is 46.3 Å². The zero-order valence-corrected chi connectivity index (χ0v) is 16.8. The Kier molecular flexibility index (Phi) is 9.14. The molecule has 2 fully saturated rings. The van der Waals surface area contributed by atoms with Gasteiger partial charge in [0.1, 0.15) is 0 Å². The summed E-state index contributed by atoms with van der Waals surface area (Å²) in [5, 5.41) is 0. The third kappa shape index (κ3) is 7.76. The zero-order chi connectivity index (χ0) is 18.5. The van der Waals surface area contributed by atoms with E-state index in [2.05, 4.69) is 11.9 Å². The van der Waals surface area contributed by atoms with Crippen molar-refractivity contribution in [2.45, 2.75) is 61.8 Å². The second-order valence-electron chi connectivity index (χ2n) is 9.09. The van der Waals surface area contributed by atoms with E-state index in [4.69, 9.17) is 0 Å². The number of carbonyl (C=O) groups is 2. The number of amides is 2. The van der Waals surface area contributed by atoms with E-state index in [1.807, 2.05) is 51.3 Å². The van der Waals surface area contributed by atoms with Crippen LogP contribution < -0.4 is 0 Å². The van der Waals surface area contributed by atoms with Gasteiger partial charge in [-0.2, -0.15) is 0 Å². The van der Waals surface area contributed by atoms with Gasteiger partial charge in [0.2, 0.25) is 11.8 Å². The maximum atomic E-state index is 11.8. The van der Waals surface area contributed by atoms with Crippen LogP contribution in [0.25, 0.3) is 0 Å². The summed E-state index contributed by atoms with van der Waals surface area (Å²) in [5.41, 5.74) is -0.416. The van der Waals surface area contributed by atoms with Gasteiger partial charge in [-0.25, -0.2) is 0 Å². The molecule has 0 aliphatic carbocycles. The molecule has 0 atom stereocenters. The first-order valence-corrected chi connectivity index (χ1v) is 9.20. The largest absolute Gasteiger partial charge is 0.342 e. The first-order valence-electron chi connectivity index (χ1n) is 9.20. The number of likely N-dealkylation sites (tertiary alicyclic amines) is 1. The summed E-state index contributed by atoms with van der Waals surface area (Å²) in [6.07, 6.45) is 2.36. The van der Waals surface area contributed by atoms with Crippen molar-refractivity contribution in [3.8, 4) is 0 Å². The van der Waals surface area contributed by atoms with E-state index in [0.29, 0.717) is 5.91 Å². The Balaban J connectivity index is 0.000000449. The quantitative estimate of drug-likeness (QED) is 0.671. The molecule has 0 aromatic heterocycles. The molecule has 2 aliphatic heterocycles. The highest BCUT2D eigenvalue weighted by molar-refractivity contribution is 5.82. The Morgan fingerprint density at radius 1 is 0.640 bits per heavy atom. The number of nitrogens with zero attached hydrogens (tertiary/aromatic N) is 3. The number of hydrogen-bond acceptors (Lipinski definition) is 3. The highest BCUT2D eigenvalue weighted by atomic mass is 16.2. The Bertz CT molecular complexity index is 421. The van der Waals surface area contributed by atoms with Crippen LogP contribution in [0.2, 0.25) is 0 Å². The summed E-state index contributed by atoms with van der Waals surface area (Å²) in [5.74, 6) is 0.579. The molecule has 2 amide bonds. The Hall–Kier alpha value is -1.10. The number of carbonyl (C=O) groups excluding carboxylic acids is 2. The summed E-state index contributed by atoms with van der Waals surface area (Å²) < 4.78 is 0. The lowest BCUT2D eigenvalue weighted by atomic mass is 9.94. The van der Waals surface area contributed by atoms with Crippen molar-refractivity contribution in [1.82, 2.24) is 14.7 Å². The Morgan fingerprint density at radius 3 is 1.28 bits per heavy atom. The minimum atomic E-state index is -0.226. The van der Waals surface area contributed by atoms with E-state index in [0.717, 1.165) is 39.3 Å². The molecular formula is C20H41N3O2. The molecule has 0 saturated carbocycles. The lowest BCUT2D eigenvalue weighted by Crippen LogP contribution is -2.50. The van der Waals surface area contributed by atoms with Crippen molar-refractivity contribution >= 4 is 11.8 Å². The van der Waals surface area contributed by atoms with Gasteiger partial charge in [-0.3, -0.25) is 9.59 Å². The molecule has 0 radical (unpaired) electrons. The number of likely N-dealkylation sites (N-methyl/N-ethyl adjacent to an activating group) is 1. The third-order valence-electron chi connectivity index (χ3n) is 4.47. The summed E-state index contributed by atoms with van der Waals surface area (Å²) in [6, 6.07) is 0. The molecule has 2 aliphatic rings. The van der Waals surface area contributed by atoms with Crippen LogP contribution in [0.5, 0.6) is 0 Å². The second-order valence-corrected chi connectivity index (χ2v) is 9.09. The molecule has 25 heavy (non-hydrogen) atoms. The fraction of sp³-hybridized carbons (Fsp3) is 0.900. The smallest absolute Gasteiger partial charge is 0.228 e. The predicted octanol–water partition coefficient (Wildman–Crippen LogP) is 3.10. The van der Waals surface area contributed by atoms with Crippen LogP contribution in [0.3, 0.4) is 0 Å². The first-order chi connectivity index (χ1) is 10.9. The van der Waals surface area contributed by atoms with Gasteiger partial charge in [0.05, 0.1) is 0 Å². The van der Waals surface area contributed by atoms with Gasteiger partial charge in [-0.15, -0.1) is 0 Å². The predicted molar refractivity (Wildman–Crippen MR) is 106 cm³/mol. The number of rotatable bonds is 0. The highest BCUT2D eigenvalue weighted by Gasteiger charge is 2.29. The minimum Gasteiger partial charge on any atom is -0.342 e. The van der Waals surface area contributed by atoms with Gasteiger partial charge in [0.15, 0.2) is 0 Å². The van der Waals surface area contributed by atoms with E-state index >= 15 is 0 Å². The molecule has 2 heterocycles. The molecule has 2 rings (SSSR count). The monoisotopic (exact) mass is 355 g/mol. The fourth-order valence-corrected chi connectivity index (χ4v) is 2.88. The van der Waals surface area contributed by atoms with Gasteiger partial charge >= 0.3 is 0 Å². The molecule has 0 N–H and O–H groups in total. The average molecular weight is 356 g/mol. The van der Waals surface area contributed by atoms with Crippen molar-refractivity contribution in [3.63, 3.8) is 0 Å². The highest BCUT2D eigenvalue weighted by Crippen LogP contribution is 2.20. The Morgan fingerprint density at radius 2 is 0.960 bits per heavy atom. The average Bonchev–Trinajstić information content (AvgIpc) is 2.99. The molecule has 0 bridgehead atoms. The van der Waals surface area contributed by atoms with Gasteiger partial charge in [-0.1, -0.05) is 49.0 Å². The van der Waals surface area contributed by atoms with Crippen LogP contribution >= 0.6 is 0 Å². The fourth-order valence-electron chi connectivity index (χ4n) is 2.88. The van der Waals surface area contributed by atoms with E-state index < -0.39 is 0 Å². The van der Waals surface area contributed by atoms with E-state index in [1.165, 1.54) is 12.8 Å². The van der Waals surface area contributed by atoms with Crippen LogP contribution in [0, 0.1) is 10.8 Å². The number of piperazine rings is 1. The Labute approximate surface area is 155 Å². The van der Waals surface area contributed by atoms with E-state index in [-0.39, 0.29) is 24.2 Å². The minimum absolute atomic E-state index is 0. The van der Waals surface area contributed by atoms with Gasteiger partial charge in [-0.05, 0) is 19.9 Å². The van der Waals surface area contributed by atoms with Gasteiger partial charge < -0.3 is 14.7 Å². The summed E-state index contributed by atoms with van der Waals surface area (Å²) in [6.45, 7) is 17.6. The molecule has 0 aromatic carbocycles. The third-order valence-corrected chi connectivity index (χ3v) is 4.47. The van der Waals surface area contributed by atoms with Crippen LogP contribution in [-0.2, 0) is 9.59 Å². The molecule has 148 valence electrons.